The van der Waals surface area contributed by atoms with E-state index in [1.54, 1.807) is 13.2 Å². The molecule has 0 spiro atoms. The number of hydrogen-bond acceptors (Lipinski definition) is 2. The van der Waals surface area contributed by atoms with Crippen LogP contribution in [0, 0.1) is 0 Å². The van der Waals surface area contributed by atoms with Gasteiger partial charge in [-0.15, -0.1) is 0 Å². The molecule has 0 radical (unpaired) electrons. The van der Waals surface area contributed by atoms with Crippen molar-refractivity contribution in [3.8, 4) is 11.5 Å². The van der Waals surface area contributed by atoms with Gasteiger partial charge in [-0.1, -0.05) is 18.2 Å². The summed E-state index contributed by atoms with van der Waals surface area (Å²) < 4.78 is 5.25. The average molecular weight is 213 g/mol. The first-order valence-corrected chi connectivity index (χ1v) is 5.07. The second-order valence-corrected chi connectivity index (χ2v) is 3.71. The molecule has 3 heteroatoms. The van der Waals surface area contributed by atoms with E-state index >= 15 is 0 Å². The predicted molar refractivity (Wildman–Crippen MR) is 64.0 cm³/mol. The molecule has 3 aromatic rings. The van der Waals surface area contributed by atoms with Crippen LogP contribution in [0.3, 0.4) is 0 Å². The number of phenolic OH excluding ortho intramolecular Hbond substituents is 1. The van der Waals surface area contributed by atoms with Crippen molar-refractivity contribution in [1.29, 1.82) is 0 Å². The third-order valence-electron chi connectivity index (χ3n) is 2.81. The van der Waals surface area contributed by atoms with E-state index in [0.29, 0.717) is 5.75 Å². The average Bonchev–Trinajstić information content (AvgIpc) is 2.68. The van der Waals surface area contributed by atoms with Crippen LogP contribution < -0.4 is 4.74 Å². The molecule has 0 aliphatic heterocycles. The van der Waals surface area contributed by atoms with Gasteiger partial charge in [0.2, 0.25) is 0 Å². The zero-order valence-electron chi connectivity index (χ0n) is 8.82. The van der Waals surface area contributed by atoms with Crippen molar-refractivity contribution in [2.75, 3.05) is 7.11 Å². The monoisotopic (exact) mass is 213 g/mol. The number of aromatic hydroxyl groups is 1. The number of nitrogens with one attached hydrogen (secondary N) is 1. The van der Waals surface area contributed by atoms with Crippen molar-refractivity contribution < 1.29 is 9.84 Å². The molecule has 0 amide bonds. The third kappa shape index (κ3) is 1.08. The van der Waals surface area contributed by atoms with Gasteiger partial charge in [0.05, 0.1) is 18.0 Å². The highest BCUT2D eigenvalue weighted by Gasteiger charge is 2.12. The van der Waals surface area contributed by atoms with Crippen LogP contribution in [-0.4, -0.2) is 17.2 Å². The summed E-state index contributed by atoms with van der Waals surface area (Å²) in [7, 11) is 1.57. The normalized spacial score (nSPS) is 11.1. The standard InChI is InChI=1S/C13H11NO2/c1-16-13-11(15)7-6-10-12(13)8-4-2-3-5-9(8)14-10/h2-7,14-15H,1H3. The maximum absolute atomic E-state index is 9.75. The quantitative estimate of drug-likeness (QED) is 0.652. The number of ether oxygens (including phenoxy) is 1. The molecule has 2 N–H and O–H groups in total. The van der Waals surface area contributed by atoms with Crippen LogP contribution in [0.1, 0.15) is 0 Å². The van der Waals surface area contributed by atoms with Crippen molar-refractivity contribution in [2.45, 2.75) is 0 Å². The molecular weight excluding hydrogens is 202 g/mol. The first-order valence-electron chi connectivity index (χ1n) is 5.07. The van der Waals surface area contributed by atoms with Crippen LogP contribution >= 0.6 is 0 Å². The van der Waals surface area contributed by atoms with E-state index < -0.39 is 0 Å². The Morgan fingerprint density at radius 2 is 1.88 bits per heavy atom. The molecule has 80 valence electrons. The van der Waals surface area contributed by atoms with Gasteiger partial charge in [0.15, 0.2) is 11.5 Å². The van der Waals surface area contributed by atoms with Crippen LogP contribution in [0.2, 0.25) is 0 Å². The SMILES string of the molecule is COc1c(O)ccc2[nH]c3ccccc3c12. The number of para-hydroxylation sites is 1. The van der Waals surface area contributed by atoms with E-state index in [4.69, 9.17) is 4.74 Å². The molecule has 0 saturated carbocycles. The van der Waals surface area contributed by atoms with Crippen molar-refractivity contribution in [3.63, 3.8) is 0 Å². The fraction of sp³-hybridized carbons (Fsp3) is 0.0769. The fourth-order valence-electron chi connectivity index (χ4n) is 2.11. The summed E-state index contributed by atoms with van der Waals surface area (Å²) in [4.78, 5) is 3.29. The number of aromatic amines is 1. The number of benzene rings is 2. The fourth-order valence-corrected chi connectivity index (χ4v) is 2.11. The zero-order chi connectivity index (χ0) is 11.1. The first-order chi connectivity index (χ1) is 7.81. The number of hydrogen-bond donors (Lipinski definition) is 2. The molecular formula is C13H11NO2. The van der Waals surface area contributed by atoms with Crippen molar-refractivity contribution in [3.05, 3.63) is 36.4 Å². The summed E-state index contributed by atoms with van der Waals surface area (Å²) in [5.74, 6) is 0.690. The topological polar surface area (TPSA) is 45.2 Å². The Morgan fingerprint density at radius 3 is 2.69 bits per heavy atom. The van der Waals surface area contributed by atoms with Crippen molar-refractivity contribution in [2.24, 2.45) is 0 Å². The largest absolute Gasteiger partial charge is 0.504 e. The Morgan fingerprint density at radius 1 is 1.06 bits per heavy atom. The summed E-state index contributed by atoms with van der Waals surface area (Å²) >= 11 is 0. The molecule has 0 unspecified atom stereocenters. The Labute approximate surface area is 92.3 Å². The van der Waals surface area contributed by atoms with Gasteiger partial charge < -0.3 is 14.8 Å². The van der Waals surface area contributed by atoms with Gasteiger partial charge in [-0.05, 0) is 18.2 Å². The minimum atomic E-state index is 0.166. The molecule has 0 fully saturated rings. The second kappa shape index (κ2) is 3.17. The minimum Gasteiger partial charge on any atom is -0.504 e. The number of aromatic nitrogens is 1. The summed E-state index contributed by atoms with van der Waals surface area (Å²) in [6.07, 6.45) is 0. The van der Waals surface area contributed by atoms with Gasteiger partial charge in [0.25, 0.3) is 0 Å². The molecule has 0 saturated heterocycles. The van der Waals surface area contributed by atoms with E-state index in [-0.39, 0.29) is 5.75 Å². The van der Waals surface area contributed by atoms with Crippen LogP contribution in [0.25, 0.3) is 21.8 Å². The van der Waals surface area contributed by atoms with Gasteiger partial charge in [-0.3, -0.25) is 0 Å². The molecule has 0 atom stereocenters. The van der Waals surface area contributed by atoms with Crippen LogP contribution in [0.15, 0.2) is 36.4 Å². The minimum absolute atomic E-state index is 0.166. The molecule has 3 nitrogen and oxygen atoms in total. The molecule has 1 aromatic heterocycles. The number of fused-ring (bicyclic) bond motifs is 3. The Kier molecular flexibility index (Phi) is 1.80. The molecule has 16 heavy (non-hydrogen) atoms. The van der Waals surface area contributed by atoms with Gasteiger partial charge >= 0.3 is 0 Å². The Hall–Kier alpha value is -2.16. The smallest absolute Gasteiger partial charge is 0.170 e. The predicted octanol–water partition coefficient (Wildman–Crippen LogP) is 3.04. The van der Waals surface area contributed by atoms with Crippen molar-refractivity contribution >= 4 is 21.8 Å². The lowest BCUT2D eigenvalue weighted by atomic mass is 10.1. The van der Waals surface area contributed by atoms with Gasteiger partial charge in [-0.25, -0.2) is 0 Å². The number of phenols is 1. The summed E-state index contributed by atoms with van der Waals surface area (Å²) in [6, 6.07) is 11.5. The van der Waals surface area contributed by atoms with E-state index in [2.05, 4.69) is 4.98 Å². The maximum Gasteiger partial charge on any atom is 0.170 e. The van der Waals surface area contributed by atoms with Gasteiger partial charge in [0.1, 0.15) is 0 Å². The Balaban J connectivity index is 2.57. The van der Waals surface area contributed by atoms with Crippen LogP contribution in [-0.2, 0) is 0 Å². The summed E-state index contributed by atoms with van der Waals surface area (Å²) in [6.45, 7) is 0. The first kappa shape index (κ1) is 9.09. The lowest BCUT2D eigenvalue weighted by molar-refractivity contribution is 0.378. The molecule has 2 aromatic carbocycles. The molecule has 0 aliphatic carbocycles. The Bertz CT molecular complexity index is 670. The van der Waals surface area contributed by atoms with Crippen molar-refractivity contribution in [1.82, 2.24) is 4.98 Å². The zero-order valence-corrected chi connectivity index (χ0v) is 8.82. The second-order valence-electron chi connectivity index (χ2n) is 3.71. The molecule has 3 rings (SSSR count). The van der Waals surface area contributed by atoms with E-state index in [0.717, 1.165) is 21.8 Å². The summed E-state index contributed by atoms with van der Waals surface area (Å²) in [5.41, 5.74) is 2.01. The van der Waals surface area contributed by atoms with E-state index in [9.17, 15) is 5.11 Å². The highest BCUT2D eigenvalue weighted by Crippen LogP contribution is 2.38. The molecule has 0 aliphatic rings. The maximum atomic E-state index is 9.75. The van der Waals surface area contributed by atoms with Gasteiger partial charge in [0, 0.05) is 10.9 Å². The van der Waals surface area contributed by atoms with Crippen LogP contribution in [0.4, 0.5) is 0 Å². The lowest BCUT2D eigenvalue weighted by Gasteiger charge is -2.04. The summed E-state index contributed by atoms with van der Waals surface area (Å²) in [5, 5.41) is 11.7. The van der Waals surface area contributed by atoms with E-state index in [1.807, 2.05) is 30.3 Å². The molecule has 0 bridgehead atoms. The number of rotatable bonds is 1. The third-order valence-corrected chi connectivity index (χ3v) is 2.81. The van der Waals surface area contributed by atoms with Gasteiger partial charge in [-0.2, -0.15) is 0 Å². The van der Waals surface area contributed by atoms with E-state index in [1.165, 1.54) is 0 Å². The highest BCUT2D eigenvalue weighted by molar-refractivity contribution is 6.11. The lowest BCUT2D eigenvalue weighted by Crippen LogP contribution is -1.84. The highest BCUT2D eigenvalue weighted by atomic mass is 16.5. The molecule has 1 heterocycles. The number of methoxy groups -OCH3 is 1. The van der Waals surface area contributed by atoms with Crippen LogP contribution in [0.5, 0.6) is 11.5 Å². The number of H-pyrrole nitrogens is 1.